The predicted molar refractivity (Wildman–Crippen MR) is 88.0 cm³/mol. The molecule has 0 amide bonds. The lowest BCUT2D eigenvalue weighted by molar-refractivity contribution is -0.593. The topological polar surface area (TPSA) is 26.9 Å². The highest BCUT2D eigenvalue weighted by atomic mass is 79.9. The van der Waals surface area contributed by atoms with Crippen LogP contribution in [0.15, 0.2) is 50.4 Å². The number of halogens is 9. The number of thioether (sulfide) groups is 1. The number of pyridine rings is 1. The Balaban J connectivity index is 2.63. The second kappa shape index (κ2) is 7.19. The van der Waals surface area contributed by atoms with Crippen molar-refractivity contribution >= 4 is 43.6 Å². The maximum atomic E-state index is 13.8. The molecule has 2 rings (SSSR count). The summed E-state index contributed by atoms with van der Waals surface area (Å²) in [6, 6.07) is 6.20. The van der Waals surface area contributed by atoms with Crippen molar-refractivity contribution < 1.29 is 35.5 Å². The number of benzene rings is 1. The molecule has 0 unspecified atom stereocenters. The molecule has 1 aromatic heterocycles. The fraction of sp³-hybridized carbons (Fsp3) is 0.214. The molecule has 0 spiro atoms. The summed E-state index contributed by atoms with van der Waals surface area (Å²) < 4.78 is 91.6. The molecule has 0 fully saturated rings. The maximum Gasteiger partial charge on any atom is 0.460 e. The average Bonchev–Trinajstić information content (AvgIpc) is 2.46. The van der Waals surface area contributed by atoms with Crippen LogP contribution in [0.3, 0.4) is 0 Å². The van der Waals surface area contributed by atoms with Crippen molar-refractivity contribution in [3.05, 3.63) is 50.7 Å². The summed E-state index contributed by atoms with van der Waals surface area (Å²) in [5, 5.41) is 6.38. The lowest BCUT2D eigenvalue weighted by atomic mass is 10.1. The third-order valence-corrected chi connectivity index (χ3v) is 5.20. The predicted octanol–water partition coefficient (Wildman–Crippen LogP) is 6.39. The molecule has 2 aromatic rings. The first kappa shape index (κ1) is 21.3. The SMILES string of the molecule is [O-][n+]1ccccc1-c1c(Br)cc(Br)cc1SC(F)(F)C(F)(F)C(F)(F)F. The smallest absolute Gasteiger partial charge is 0.460 e. The van der Waals surface area contributed by atoms with Crippen LogP contribution in [0.2, 0.25) is 0 Å². The molecule has 0 aliphatic carbocycles. The average molecular weight is 529 g/mol. The van der Waals surface area contributed by atoms with Crippen molar-refractivity contribution in [2.24, 2.45) is 0 Å². The number of aromatic nitrogens is 1. The van der Waals surface area contributed by atoms with E-state index in [1.54, 1.807) is 0 Å². The molecule has 0 radical (unpaired) electrons. The lowest BCUT2D eigenvalue weighted by Gasteiger charge is -2.28. The van der Waals surface area contributed by atoms with E-state index in [9.17, 15) is 35.9 Å². The highest BCUT2D eigenvalue weighted by Gasteiger charge is 2.73. The summed E-state index contributed by atoms with van der Waals surface area (Å²) >= 11 is 4.99. The van der Waals surface area contributed by atoms with Gasteiger partial charge >= 0.3 is 17.4 Å². The Bertz CT molecular complexity index is 829. The lowest BCUT2D eigenvalue weighted by Crippen LogP contribution is -2.50. The molecule has 1 aromatic carbocycles. The first-order chi connectivity index (χ1) is 11.8. The van der Waals surface area contributed by atoms with E-state index in [0.29, 0.717) is 0 Å². The minimum absolute atomic E-state index is 0.0521. The van der Waals surface area contributed by atoms with Crippen LogP contribution < -0.4 is 4.73 Å². The van der Waals surface area contributed by atoms with Crippen LogP contribution in [0.25, 0.3) is 11.3 Å². The molecular formula is C14H6Br2F7NOS. The fourth-order valence-corrected chi connectivity index (χ4v) is 4.60. The summed E-state index contributed by atoms with van der Waals surface area (Å²) in [6.07, 6.45) is -5.42. The summed E-state index contributed by atoms with van der Waals surface area (Å²) in [5.41, 5.74) is -0.452. The van der Waals surface area contributed by atoms with Crippen molar-refractivity contribution in [3.63, 3.8) is 0 Å². The van der Waals surface area contributed by atoms with Crippen LogP contribution in [-0.2, 0) is 0 Å². The molecule has 0 N–H and O–H groups in total. The van der Waals surface area contributed by atoms with Gasteiger partial charge in [0.15, 0.2) is 6.20 Å². The van der Waals surface area contributed by atoms with Gasteiger partial charge in [0, 0.05) is 26.0 Å². The molecule has 142 valence electrons. The zero-order chi connectivity index (χ0) is 19.9. The third kappa shape index (κ3) is 3.96. The van der Waals surface area contributed by atoms with Crippen molar-refractivity contribution in [3.8, 4) is 11.3 Å². The summed E-state index contributed by atoms with van der Waals surface area (Å²) in [6.45, 7) is 0. The quantitative estimate of drug-likeness (QED) is 0.199. The van der Waals surface area contributed by atoms with Gasteiger partial charge in [-0.2, -0.15) is 35.5 Å². The van der Waals surface area contributed by atoms with Crippen molar-refractivity contribution in [2.45, 2.75) is 22.2 Å². The number of hydrogen-bond acceptors (Lipinski definition) is 2. The molecule has 0 aliphatic rings. The van der Waals surface area contributed by atoms with E-state index in [-0.39, 0.29) is 24.9 Å². The fourth-order valence-electron chi connectivity index (χ4n) is 1.87. The Morgan fingerprint density at radius 3 is 2.12 bits per heavy atom. The minimum atomic E-state index is -6.45. The van der Waals surface area contributed by atoms with Gasteiger partial charge in [0.25, 0.3) is 0 Å². The molecule has 0 saturated heterocycles. The zero-order valence-corrected chi connectivity index (χ0v) is 16.1. The van der Waals surface area contributed by atoms with E-state index < -0.39 is 34.0 Å². The minimum Gasteiger partial charge on any atom is -0.618 e. The highest BCUT2D eigenvalue weighted by molar-refractivity contribution is 9.11. The van der Waals surface area contributed by atoms with Gasteiger partial charge in [0.2, 0.25) is 5.69 Å². The normalized spacial score (nSPS) is 13.1. The van der Waals surface area contributed by atoms with Crippen LogP contribution in [0.1, 0.15) is 0 Å². The Morgan fingerprint density at radius 2 is 1.58 bits per heavy atom. The first-order valence-corrected chi connectivity index (χ1v) is 8.87. The second-order valence-electron chi connectivity index (χ2n) is 4.86. The van der Waals surface area contributed by atoms with Crippen LogP contribution in [0.5, 0.6) is 0 Å². The Kier molecular flexibility index (Phi) is 5.89. The molecule has 0 aliphatic heterocycles. The second-order valence-corrected chi connectivity index (χ2v) is 7.79. The number of rotatable bonds is 4. The first-order valence-electron chi connectivity index (χ1n) is 6.47. The van der Waals surface area contributed by atoms with Crippen LogP contribution in [-0.4, -0.2) is 17.4 Å². The summed E-state index contributed by atoms with van der Waals surface area (Å²) in [7, 11) is 0. The van der Waals surface area contributed by atoms with Gasteiger partial charge in [-0.25, -0.2) is 0 Å². The molecule has 2 nitrogen and oxygen atoms in total. The van der Waals surface area contributed by atoms with Crippen LogP contribution >= 0.6 is 43.6 Å². The largest absolute Gasteiger partial charge is 0.618 e. The van der Waals surface area contributed by atoms with Crippen molar-refractivity contribution in [1.29, 1.82) is 0 Å². The van der Waals surface area contributed by atoms with Gasteiger partial charge in [-0.3, -0.25) is 0 Å². The van der Waals surface area contributed by atoms with Gasteiger partial charge in [-0.1, -0.05) is 15.9 Å². The Hall–Kier alpha value is -1.01. The molecule has 0 atom stereocenters. The molecular weight excluding hydrogens is 523 g/mol. The number of alkyl halides is 7. The van der Waals surface area contributed by atoms with Crippen molar-refractivity contribution in [1.82, 2.24) is 0 Å². The number of hydrogen-bond donors (Lipinski definition) is 0. The van der Waals surface area contributed by atoms with Crippen LogP contribution in [0, 0.1) is 5.21 Å². The maximum absolute atomic E-state index is 13.8. The van der Waals surface area contributed by atoms with Gasteiger partial charge in [-0.05, 0) is 45.9 Å². The van der Waals surface area contributed by atoms with E-state index in [1.165, 1.54) is 24.3 Å². The Labute approximate surface area is 163 Å². The number of nitrogens with zero attached hydrogens (tertiary/aromatic N) is 1. The standard InChI is InChI=1S/C14H6Br2F7NOS/c15-7-5-8(16)11(9-3-1-2-4-24(9)25)10(6-7)26-14(22,23)12(17,18)13(19,20)21/h1-6H. The van der Waals surface area contributed by atoms with Gasteiger partial charge < -0.3 is 5.21 Å². The van der Waals surface area contributed by atoms with E-state index in [0.717, 1.165) is 12.3 Å². The van der Waals surface area contributed by atoms with Crippen LogP contribution in [0.4, 0.5) is 30.7 Å². The molecule has 0 bridgehead atoms. The summed E-state index contributed by atoms with van der Waals surface area (Å²) in [4.78, 5) is -0.643. The molecule has 1 heterocycles. The zero-order valence-electron chi connectivity index (χ0n) is 12.1. The third-order valence-electron chi connectivity index (χ3n) is 3.06. The molecule has 0 saturated carbocycles. The Morgan fingerprint density at radius 1 is 0.962 bits per heavy atom. The van der Waals surface area contributed by atoms with Gasteiger partial charge in [0.05, 0.1) is 5.56 Å². The molecule has 12 heteroatoms. The van der Waals surface area contributed by atoms with Gasteiger partial charge in [-0.15, -0.1) is 0 Å². The van der Waals surface area contributed by atoms with E-state index in [4.69, 9.17) is 0 Å². The molecule has 26 heavy (non-hydrogen) atoms. The van der Waals surface area contributed by atoms with Gasteiger partial charge in [0.1, 0.15) is 0 Å². The highest BCUT2D eigenvalue weighted by Crippen LogP contribution is 2.55. The monoisotopic (exact) mass is 527 g/mol. The summed E-state index contributed by atoms with van der Waals surface area (Å²) in [5.74, 6) is -6.28. The van der Waals surface area contributed by atoms with Crippen molar-refractivity contribution in [2.75, 3.05) is 0 Å². The van der Waals surface area contributed by atoms with E-state index in [1.807, 2.05) is 0 Å². The van der Waals surface area contributed by atoms with E-state index >= 15 is 0 Å². The van der Waals surface area contributed by atoms with E-state index in [2.05, 4.69) is 31.9 Å².